The summed E-state index contributed by atoms with van der Waals surface area (Å²) in [5.41, 5.74) is 2.53. The zero-order valence-corrected chi connectivity index (χ0v) is 12.4. The molecule has 21 heavy (non-hydrogen) atoms. The van der Waals surface area contributed by atoms with E-state index in [1.54, 1.807) is 0 Å². The third kappa shape index (κ3) is 3.26. The van der Waals surface area contributed by atoms with Crippen molar-refractivity contribution in [1.29, 1.82) is 0 Å². The highest BCUT2D eigenvalue weighted by Gasteiger charge is 2.25. The van der Waals surface area contributed by atoms with E-state index in [4.69, 9.17) is 0 Å². The van der Waals surface area contributed by atoms with E-state index >= 15 is 0 Å². The number of carbonyl (C=O) groups is 2. The summed E-state index contributed by atoms with van der Waals surface area (Å²) in [6.45, 7) is 3.00. The Kier molecular flexibility index (Phi) is 4.23. The van der Waals surface area contributed by atoms with Crippen molar-refractivity contribution in [3.8, 4) is 0 Å². The maximum atomic E-state index is 12.3. The molecular weight excluding hydrogens is 264 g/mol. The van der Waals surface area contributed by atoms with Crippen LogP contribution in [0.1, 0.15) is 36.8 Å². The van der Waals surface area contributed by atoms with Crippen LogP contribution in [0.25, 0.3) is 0 Å². The van der Waals surface area contributed by atoms with Crippen molar-refractivity contribution in [3.63, 3.8) is 0 Å². The van der Waals surface area contributed by atoms with Crippen LogP contribution in [0.2, 0.25) is 0 Å². The molecule has 0 N–H and O–H groups in total. The summed E-state index contributed by atoms with van der Waals surface area (Å²) < 4.78 is 0. The van der Waals surface area contributed by atoms with E-state index in [1.807, 2.05) is 21.9 Å². The molecule has 1 aromatic rings. The number of nitrogens with zero attached hydrogens (tertiary/aromatic N) is 2. The largest absolute Gasteiger partial charge is 0.342 e. The second-order valence-corrected chi connectivity index (χ2v) is 5.95. The normalized spacial score (nSPS) is 18.3. The lowest BCUT2D eigenvalue weighted by Gasteiger charge is -2.31. The molecule has 1 fully saturated rings. The Balaban J connectivity index is 1.58. The van der Waals surface area contributed by atoms with Crippen LogP contribution in [-0.4, -0.2) is 41.2 Å². The summed E-state index contributed by atoms with van der Waals surface area (Å²) in [6, 6.07) is 8.24. The minimum Gasteiger partial charge on any atom is -0.342 e. The smallest absolute Gasteiger partial charge is 0.232 e. The third-order valence-corrected chi connectivity index (χ3v) is 4.49. The van der Waals surface area contributed by atoms with Crippen LogP contribution in [0.5, 0.6) is 0 Å². The first kappa shape index (κ1) is 14.1. The molecule has 1 aromatic carbocycles. The summed E-state index contributed by atoms with van der Waals surface area (Å²) >= 11 is 0. The fraction of sp³-hybridized carbons (Fsp3) is 0.529. The number of piperidine rings is 1. The fourth-order valence-electron chi connectivity index (χ4n) is 3.20. The predicted octanol–water partition coefficient (Wildman–Crippen LogP) is 1.97. The van der Waals surface area contributed by atoms with E-state index in [0.29, 0.717) is 6.54 Å². The summed E-state index contributed by atoms with van der Waals surface area (Å²) in [4.78, 5) is 28.2. The number of fused-ring (bicyclic) bond motifs is 1. The average molecular weight is 286 g/mol. The topological polar surface area (TPSA) is 40.6 Å². The first-order valence-corrected chi connectivity index (χ1v) is 7.86. The van der Waals surface area contributed by atoms with Gasteiger partial charge in [0.05, 0.1) is 0 Å². The first-order valence-electron chi connectivity index (χ1n) is 7.86. The molecule has 2 aliphatic rings. The summed E-state index contributed by atoms with van der Waals surface area (Å²) in [5.74, 6) is -0.0290. The van der Waals surface area contributed by atoms with Crippen molar-refractivity contribution < 1.29 is 9.59 Å². The Morgan fingerprint density at radius 3 is 2.29 bits per heavy atom. The van der Waals surface area contributed by atoms with E-state index in [-0.39, 0.29) is 18.2 Å². The summed E-state index contributed by atoms with van der Waals surface area (Å²) in [7, 11) is 0. The van der Waals surface area contributed by atoms with Crippen molar-refractivity contribution in [1.82, 2.24) is 9.80 Å². The van der Waals surface area contributed by atoms with Gasteiger partial charge in [0.25, 0.3) is 0 Å². The van der Waals surface area contributed by atoms with Crippen LogP contribution in [0.15, 0.2) is 24.3 Å². The molecule has 112 valence electrons. The van der Waals surface area contributed by atoms with Gasteiger partial charge in [-0.15, -0.1) is 0 Å². The van der Waals surface area contributed by atoms with Gasteiger partial charge in [0.2, 0.25) is 11.8 Å². The van der Waals surface area contributed by atoms with E-state index in [0.717, 1.165) is 38.9 Å². The lowest BCUT2D eigenvalue weighted by Crippen LogP contribution is -2.41. The SMILES string of the molecule is O=C(CC(=O)N1CCc2ccccc2C1)N1CCCCC1. The van der Waals surface area contributed by atoms with Gasteiger partial charge in [0, 0.05) is 26.2 Å². The molecule has 4 nitrogen and oxygen atoms in total. The molecule has 2 aliphatic heterocycles. The van der Waals surface area contributed by atoms with Crippen LogP contribution in [0, 0.1) is 0 Å². The van der Waals surface area contributed by atoms with Gasteiger partial charge < -0.3 is 9.80 Å². The van der Waals surface area contributed by atoms with Gasteiger partial charge in [-0.1, -0.05) is 24.3 Å². The number of likely N-dealkylation sites (tertiary alicyclic amines) is 1. The molecule has 0 bridgehead atoms. The Bertz CT molecular complexity index is 535. The molecule has 2 amide bonds. The van der Waals surface area contributed by atoms with Crippen molar-refractivity contribution >= 4 is 11.8 Å². The Morgan fingerprint density at radius 2 is 1.52 bits per heavy atom. The predicted molar refractivity (Wildman–Crippen MR) is 80.6 cm³/mol. The third-order valence-electron chi connectivity index (χ3n) is 4.49. The van der Waals surface area contributed by atoms with Gasteiger partial charge in [-0.05, 0) is 36.8 Å². The summed E-state index contributed by atoms with van der Waals surface area (Å²) in [6.07, 6.45) is 4.25. The first-order chi connectivity index (χ1) is 10.2. The van der Waals surface area contributed by atoms with Gasteiger partial charge in [-0.2, -0.15) is 0 Å². The monoisotopic (exact) mass is 286 g/mol. The second kappa shape index (κ2) is 6.29. The number of hydrogen-bond donors (Lipinski definition) is 0. The number of hydrogen-bond acceptors (Lipinski definition) is 2. The van der Waals surface area contributed by atoms with Crippen LogP contribution >= 0.6 is 0 Å². The molecule has 4 heteroatoms. The highest BCUT2D eigenvalue weighted by atomic mass is 16.2. The van der Waals surface area contributed by atoms with Crippen molar-refractivity contribution in [2.45, 2.75) is 38.6 Å². The lowest BCUT2D eigenvalue weighted by molar-refractivity contribution is -0.141. The maximum absolute atomic E-state index is 12.3. The maximum Gasteiger partial charge on any atom is 0.232 e. The van der Waals surface area contributed by atoms with Gasteiger partial charge in [0.15, 0.2) is 0 Å². The van der Waals surface area contributed by atoms with Crippen LogP contribution in [0.4, 0.5) is 0 Å². The van der Waals surface area contributed by atoms with Crippen LogP contribution in [0.3, 0.4) is 0 Å². The van der Waals surface area contributed by atoms with E-state index in [9.17, 15) is 9.59 Å². The van der Waals surface area contributed by atoms with Gasteiger partial charge in [-0.25, -0.2) is 0 Å². The van der Waals surface area contributed by atoms with Gasteiger partial charge >= 0.3 is 0 Å². The fourth-order valence-corrected chi connectivity index (χ4v) is 3.20. The zero-order chi connectivity index (χ0) is 14.7. The van der Waals surface area contributed by atoms with Crippen molar-refractivity contribution in [3.05, 3.63) is 35.4 Å². The second-order valence-electron chi connectivity index (χ2n) is 5.95. The molecule has 0 spiro atoms. The molecule has 0 radical (unpaired) electrons. The molecule has 0 aromatic heterocycles. The minimum absolute atomic E-state index is 0.00133. The van der Waals surface area contributed by atoms with Gasteiger partial charge in [-0.3, -0.25) is 9.59 Å². The quantitative estimate of drug-likeness (QED) is 0.780. The van der Waals surface area contributed by atoms with E-state index in [1.165, 1.54) is 17.5 Å². The molecule has 0 unspecified atom stereocenters. The molecular formula is C17H22N2O2. The number of carbonyl (C=O) groups excluding carboxylic acids is 2. The average Bonchev–Trinajstić information content (AvgIpc) is 2.55. The van der Waals surface area contributed by atoms with Crippen molar-refractivity contribution in [2.75, 3.05) is 19.6 Å². The van der Waals surface area contributed by atoms with E-state index < -0.39 is 0 Å². The minimum atomic E-state index is -0.0277. The lowest BCUT2D eigenvalue weighted by atomic mass is 9.99. The molecule has 0 aliphatic carbocycles. The van der Waals surface area contributed by atoms with Gasteiger partial charge in [0.1, 0.15) is 6.42 Å². The standard InChI is InChI=1S/C17H22N2O2/c20-16(18-9-4-1-5-10-18)12-17(21)19-11-8-14-6-2-3-7-15(14)13-19/h2-3,6-7H,1,4-5,8-13H2. The molecule has 2 heterocycles. The molecule has 3 rings (SSSR count). The molecule has 1 saturated heterocycles. The Labute approximate surface area is 125 Å². The Hall–Kier alpha value is -1.84. The van der Waals surface area contributed by atoms with Crippen LogP contribution < -0.4 is 0 Å². The zero-order valence-electron chi connectivity index (χ0n) is 12.4. The van der Waals surface area contributed by atoms with E-state index in [2.05, 4.69) is 12.1 Å². The number of benzene rings is 1. The number of amides is 2. The summed E-state index contributed by atoms with van der Waals surface area (Å²) in [5, 5.41) is 0. The highest BCUT2D eigenvalue weighted by Crippen LogP contribution is 2.19. The molecule has 0 saturated carbocycles. The van der Waals surface area contributed by atoms with Crippen LogP contribution in [-0.2, 0) is 22.6 Å². The Morgan fingerprint density at radius 1 is 0.857 bits per heavy atom. The number of rotatable bonds is 2. The highest BCUT2D eigenvalue weighted by molar-refractivity contribution is 5.97. The molecule has 0 atom stereocenters. The van der Waals surface area contributed by atoms with Crippen molar-refractivity contribution in [2.24, 2.45) is 0 Å².